The number of furan rings is 1. The molecular formula is C11H17IN4O2. The summed E-state index contributed by atoms with van der Waals surface area (Å²) in [6.45, 7) is 4.01. The number of carbonyl (C=O) groups is 1. The molecule has 2 rings (SSSR count). The fourth-order valence-electron chi connectivity index (χ4n) is 1.51. The van der Waals surface area contributed by atoms with E-state index in [1.54, 1.807) is 12.1 Å². The van der Waals surface area contributed by atoms with Crippen molar-refractivity contribution in [2.75, 3.05) is 19.6 Å². The van der Waals surface area contributed by atoms with Crippen LogP contribution in [0.25, 0.3) is 0 Å². The zero-order chi connectivity index (χ0) is 12.1. The summed E-state index contributed by atoms with van der Waals surface area (Å²) in [7, 11) is 0. The number of rotatable bonds is 4. The van der Waals surface area contributed by atoms with Gasteiger partial charge in [-0.15, -0.1) is 24.0 Å². The molecule has 0 aliphatic carbocycles. The molecule has 0 saturated carbocycles. The Kier molecular flexibility index (Phi) is 5.96. The van der Waals surface area contributed by atoms with Gasteiger partial charge in [-0.1, -0.05) is 0 Å². The number of hydrogen-bond donors (Lipinski definition) is 3. The van der Waals surface area contributed by atoms with Gasteiger partial charge < -0.3 is 20.4 Å². The summed E-state index contributed by atoms with van der Waals surface area (Å²) in [6.07, 6.45) is 1.48. The average Bonchev–Trinajstić information content (AvgIpc) is 2.95. The normalized spacial score (nSPS) is 17.4. The lowest BCUT2D eigenvalue weighted by Gasteiger charge is -2.08. The van der Waals surface area contributed by atoms with Crippen LogP contribution >= 0.6 is 24.0 Å². The van der Waals surface area contributed by atoms with Crippen molar-refractivity contribution in [2.24, 2.45) is 4.99 Å². The number of aliphatic imine (C=N–C) groups is 1. The maximum atomic E-state index is 11.5. The van der Waals surface area contributed by atoms with E-state index in [2.05, 4.69) is 27.9 Å². The van der Waals surface area contributed by atoms with E-state index in [1.807, 2.05) is 0 Å². The van der Waals surface area contributed by atoms with E-state index in [4.69, 9.17) is 4.42 Å². The molecule has 1 aromatic rings. The molecule has 0 aromatic carbocycles. The molecular weight excluding hydrogens is 347 g/mol. The second-order valence-electron chi connectivity index (χ2n) is 3.89. The van der Waals surface area contributed by atoms with Gasteiger partial charge in [-0.3, -0.25) is 9.79 Å². The summed E-state index contributed by atoms with van der Waals surface area (Å²) >= 11 is 0. The van der Waals surface area contributed by atoms with E-state index in [0.29, 0.717) is 24.9 Å². The second-order valence-corrected chi connectivity index (χ2v) is 3.89. The van der Waals surface area contributed by atoms with Crippen molar-refractivity contribution in [1.29, 1.82) is 0 Å². The van der Waals surface area contributed by atoms with Gasteiger partial charge in [0.2, 0.25) is 0 Å². The maximum absolute atomic E-state index is 11.5. The van der Waals surface area contributed by atoms with Gasteiger partial charge in [-0.25, -0.2) is 0 Å². The molecule has 0 radical (unpaired) electrons. The molecule has 100 valence electrons. The van der Waals surface area contributed by atoms with Crippen molar-refractivity contribution < 1.29 is 9.21 Å². The monoisotopic (exact) mass is 364 g/mol. The van der Waals surface area contributed by atoms with Crippen molar-refractivity contribution in [3.63, 3.8) is 0 Å². The van der Waals surface area contributed by atoms with Crippen LogP contribution in [0.4, 0.5) is 0 Å². The average molecular weight is 364 g/mol. The number of carbonyl (C=O) groups excluding carboxylic acids is 1. The highest BCUT2D eigenvalue weighted by molar-refractivity contribution is 14.0. The smallest absolute Gasteiger partial charge is 0.287 e. The standard InChI is InChI=1S/C11H16N4O2.HI/c1-8-7-14-11(15-8)13-5-4-12-10(16)9-3-2-6-17-9;/h2-3,6,8H,4-5,7H2,1H3,(H,12,16)(H2,13,14,15);1H. The van der Waals surface area contributed by atoms with Crippen molar-refractivity contribution in [3.05, 3.63) is 24.2 Å². The molecule has 3 N–H and O–H groups in total. The lowest BCUT2D eigenvalue weighted by atomic mass is 10.4. The summed E-state index contributed by atoms with van der Waals surface area (Å²) in [4.78, 5) is 15.7. The molecule has 0 bridgehead atoms. The van der Waals surface area contributed by atoms with Crippen molar-refractivity contribution >= 4 is 35.8 Å². The zero-order valence-electron chi connectivity index (χ0n) is 10.1. The number of nitrogens with zero attached hydrogens (tertiary/aromatic N) is 1. The highest BCUT2D eigenvalue weighted by Crippen LogP contribution is 1.98. The summed E-state index contributed by atoms with van der Waals surface area (Å²) < 4.78 is 4.97. The Labute approximate surface area is 123 Å². The molecule has 7 heteroatoms. The van der Waals surface area contributed by atoms with Gasteiger partial charge in [-0.2, -0.15) is 0 Å². The summed E-state index contributed by atoms with van der Waals surface area (Å²) in [5, 5.41) is 9.03. The second kappa shape index (κ2) is 7.24. The van der Waals surface area contributed by atoms with E-state index >= 15 is 0 Å². The fourth-order valence-corrected chi connectivity index (χ4v) is 1.51. The third-order valence-corrected chi connectivity index (χ3v) is 2.35. The van der Waals surface area contributed by atoms with Crippen LogP contribution in [-0.4, -0.2) is 37.5 Å². The van der Waals surface area contributed by atoms with E-state index < -0.39 is 0 Å². The molecule has 18 heavy (non-hydrogen) atoms. The van der Waals surface area contributed by atoms with Gasteiger partial charge in [0.05, 0.1) is 12.8 Å². The van der Waals surface area contributed by atoms with E-state index in [1.165, 1.54) is 6.26 Å². The predicted octanol–water partition coefficient (Wildman–Crippen LogP) is 0.565. The van der Waals surface area contributed by atoms with Crippen LogP contribution in [0.2, 0.25) is 0 Å². The molecule has 2 heterocycles. The SMILES string of the molecule is CC1CN=C(NCCNC(=O)c2ccco2)N1.I. The first-order valence-corrected chi connectivity index (χ1v) is 5.62. The van der Waals surface area contributed by atoms with Gasteiger partial charge in [0.25, 0.3) is 5.91 Å². The van der Waals surface area contributed by atoms with Gasteiger partial charge >= 0.3 is 0 Å². The minimum Gasteiger partial charge on any atom is -0.459 e. The summed E-state index contributed by atoms with van der Waals surface area (Å²) in [5.41, 5.74) is 0. The zero-order valence-corrected chi connectivity index (χ0v) is 12.4. The van der Waals surface area contributed by atoms with Crippen LogP contribution in [0.1, 0.15) is 17.5 Å². The summed E-state index contributed by atoms with van der Waals surface area (Å²) in [5.74, 6) is 0.922. The first-order valence-electron chi connectivity index (χ1n) is 5.62. The third kappa shape index (κ3) is 4.21. The molecule has 1 aliphatic heterocycles. The molecule has 0 fully saturated rings. The summed E-state index contributed by atoms with van der Waals surface area (Å²) in [6, 6.07) is 3.70. The Bertz CT molecular complexity index is 405. The number of guanidine groups is 1. The lowest BCUT2D eigenvalue weighted by molar-refractivity contribution is 0.0926. The predicted molar refractivity (Wildman–Crippen MR) is 79.4 cm³/mol. The first kappa shape index (κ1) is 14.8. The highest BCUT2D eigenvalue weighted by atomic mass is 127. The Balaban J connectivity index is 0.00000162. The maximum Gasteiger partial charge on any atom is 0.287 e. The van der Waals surface area contributed by atoms with Crippen LogP contribution in [-0.2, 0) is 0 Å². The van der Waals surface area contributed by atoms with Gasteiger partial charge in [0, 0.05) is 19.1 Å². The first-order chi connectivity index (χ1) is 8.25. The van der Waals surface area contributed by atoms with Gasteiger partial charge in [0.1, 0.15) is 0 Å². The van der Waals surface area contributed by atoms with Crippen molar-refractivity contribution in [1.82, 2.24) is 16.0 Å². The highest BCUT2D eigenvalue weighted by Gasteiger charge is 2.11. The largest absolute Gasteiger partial charge is 0.459 e. The number of amides is 1. The fraction of sp³-hybridized carbons (Fsp3) is 0.455. The molecule has 1 aromatic heterocycles. The van der Waals surface area contributed by atoms with E-state index in [0.717, 1.165) is 12.5 Å². The van der Waals surface area contributed by atoms with Crippen LogP contribution in [0.5, 0.6) is 0 Å². The molecule has 1 amide bonds. The van der Waals surface area contributed by atoms with Crippen LogP contribution in [0.15, 0.2) is 27.8 Å². The Morgan fingerprint density at radius 2 is 2.44 bits per heavy atom. The molecule has 1 aliphatic rings. The number of hydrogen-bond acceptors (Lipinski definition) is 5. The molecule has 0 spiro atoms. The number of nitrogens with one attached hydrogen (secondary N) is 3. The quantitative estimate of drug-likeness (QED) is 0.539. The molecule has 0 saturated heterocycles. The van der Waals surface area contributed by atoms with Crippen molar-refractivity contribution in [3.8, 4) is 0 Å². The Morgan fingerprint density at radius 1 is 1.61 bits per heavy atom. The van der Waals surface area contributed by atoms with Crippen LogP contribution < -0.4 is 16.0 Å². The number of halogens is 1. The van der Waals surface area contributed by atoms with E-state index in [9.17, 15) is 4.79 Å². The van der Waals surface area contributed by atoms with Gasteiger partial charge in [0.15, 0.2) is 11.7 Å². The minimum absolute atomic E-state index is 0. The van der Waals surface area contributed by atoms with Gasteiger partial charge in [-0.05, 0) is 19.1 Å². The minimum atomic E-state index is -0.202. The molecule has 1 atom stereocenters. The van der Waals surface area contributed by atoms with Crippen LogP contribution in [0.3, 0.4) is 0 Å². The Hall–Kier alpha value is -1.25. The van der Waals surface area contributed by atoms with Crippen LogP contribution in [0, 0.1) is 0 Å². The van der Waals surface area contributed by atoms with Crippen molar-refractivity contribution in [2.45, 2.75) is 13.0 Å². The molecule has 1 unspecified atom stereocenters. The Morgan fingerprint density at radius 3 is 3.06 bits per heavy atom. The molecule has 6 nitrogen and oxygen atoms in total. The third-order valence-electron chi connectivity index (χ3n) is 2.35. The van der Waals surface area contributed by atoms with E-state index in [-0.39, 0.29) is 29.9 Å². The topological polar surface area (TPSA) is 78.7 Å². The lowest BCUT2D eigenvalue weighted by Crippen LogP contribution is -2.41.